The summed E-state index contributed by atoms with van der Waals surface area (Å²) in [6.45, 7) is 1.94. The summed E-state index contributed by atoms with van der Waals surface area (Å²) in [6, 6.07) is 0. The van der Waals surface area contributed by atoms with Gasteiger partial charge in [-0.3, -0.25) is 10.2 Å². The molecule has 0 radical (unpaired) electrons. The average Bonchev–Trinajstić information content (AvgIpc) is 3.15. The molecule has 12 nitrogen and oxygen atoms in total. The molecule has 0 bridgehead atoms. The van der Waals surface area contributed by atoms with Crippen LogP contribution >= 0.6 is 0 Å². The van der Waals surface area contributed by atoms with E-state index in [1.807, 2.05) is 0 Å². The first-order valence-corrected chi connectivity index (χ1v) is 10.1. The first-order chi connectivity index (χ1) is 13.8. The van der Waals surface area contributed by atoms with Gasteiger partial charge in [-0.25, -0.2) is 17.8 Å². The fourth-order valence-electron chi connectivity index (χ4n) is 2.25. The molecule has 2 rings (SSSR count). The van der Waals surface area contributed by atoms with Crippen molar-refractivity contribution in [3.05, 3.63) is 18.0 Å². The van der Waals surface area contributed by atoms with Crippen LogP contribution in [0.3, 0.4) is 0 Å². The van der Waals surface area contributed by atoms with Crippen molar-refractivity contribution in [2.75, 3.05) is 33.9 Å². The third-order valence-corrected chi connectivity index (χ3v) is 5.16. The predicted octanol–water partition coefficient (Wildman–Crippen LogP) is -0.368. The molecule has 0 spiro atoms. The van der Waals surface area contributed by atoms with Crippen LogP contribution in [0.15, 0.2) is 27.9 Å². The van der Waals surface area contributed by atoms with Gasteiger partial charge in [0, 0.05) is 19.0 Å². The first-order valence-electron chi connectivity index (χ1n) is 8.64. The third kappa shape index (κ3) is 6.29. The van der Waals surface area contributed by atoms with Gasteiger partial charge in [-0.2, -0.15) is 10.1 Å². The number of aromatic nitrogens is 2. The molecule has 13 heteroatoms. The number of hydrogen-bond acceptors (Lipinski definition) is 8. The van der Waals surface area contributed by atoms with Crippen LogP contribution in [-0.4, -0.2) is 69.8 Å². The van der Waals surface area contributed by atoms with E-state index in [-0.39, 0.29) is 29.1 Å². The zero-order valence-corrected chi connectivity index (χ0v) is 17.2. The highest BCUT2D eigenvalue weighted by Gasteiger charge is 2.26. The Morgan fingerprint density at radius 1 is 1.41 bits per heavy atom. The Balaban J connectivity index is 1.88. The number of amides is 1. The van der Waals surface area contributed by atoms with E-state index >= 15 is 0 Å². The van der Waals surface area contributed by atoms with Crippen LogP contribution in [0.2, 0.25) is 0 Å². The van der Waals surface area contributed by atoms with Crippen molar-refractivity contribution in [1.29, 1.82) is 5.41 Å². The molecule has 160 valence electrons. The van der Waals surface area contributed by atoms with Crippen LogP contribution < -0.4 is 14.8 Å². The third-order valence-electron chi connectivity index (χ3n) is 3.78. The van der Waals surface area contributed by atoms with E-state index in [1.165, 1.54) is 31.2 Å². The summed E-state index contributed by atoms with van der Waals surface area (Å²) in [5, 5.41) is 14.1. The van der Waals surface area contributed by atoms with Gasteiger partial charge in [-0.1, -0.05) is 0 Å². The van der Waals surface area contributed by atoms with Crippen LogP contribution in [0.25, 0.3) is 0 Å². The number of methoxy groups -OCH3 is 2. The van der Waals surface area contributed by atoms with Crippen LogP contribution in [-0.2, 0) is 30.8 Å². The Labute approximate surface area is 168 Å². The molecule has 1 aliphatic heterocycles. The second-order valence-corrected chi connectivity index (χ2v) is 7.64. The maximum atomic E-state index is 12.4. The summed E-state index contributed by atoms with van der Waals surface area (Å²) in [6.07, 6.45) is 3.41. The highest BCUT2D eigenvalue weighted by atomic mass is 32.2. The fourth-order valence-corrected chi connectivity index (χ4v) is 3.31. The minimum Gasteiger partial charge on any atom is -0.501 e. The molecular formula is C16H24N6O6S. The highest BCUT2D eigenvalue weighted by molar-refractivity contribution is 7.89. The lowest BCUT2D eigenvalue weighted by molar-refractivity contribution is -0.119. The number of carbonyl (C=O) groups excluding carboxylic acids is 1. The number of fused-ring (bicyclic) bond motifs is 1. The van der Waals surface area contributed by atoms with E-state index in [9.17, 15) is 13.2 Å². The number of aryl methyl sites for hydroxylation is 1. The van der Waals surface area contributed by atoms with E-state index in [2.05, 4.69) is 20.1 Å². The van der Waals surface area contributed by atoms with Gasteiger partial charge in [-0.05, 0) is 6.92 Å². The topological polar surface area (TPSA) is 157 Å². The van der Waals surface area contributed by atoms with Crippen molar-refractivity contribution >= 4 is 27.7 Å². The molecule has 1 amide bonds. The van der Waals surface area contributed by atoms with Crippen molar-refractivity contribution < 1.29 is 27.4 Å². The standard InChI is InChI=1S/C16H24N6O6S/c1-11(26-2)7-15(27-3)21-13(17)9-18-14(23)10-20-29(24,25)12-8-19-22-5-4-6-28-16(12)22/h7-8,17,20H,4-6,9-10H2,1-3H3,(H,18,23)/b11-7+,17-13?,21-15+. The summed E-state index contributed by atoms with van der Waals surface area (Å²) in [4.78, 5) is 15.7. The van der Waals surface area contributed by atoms with Crippen LogP contribution in [0, 0.1) is 5.41 Å². The van der Waals surface area contributed by atoms with E-state index < -0.39 is 22.5 Å². The lowest BCUT2D eigenvalue weighted by atomic mass is 10.4. The van der Waals surface area contributed by atoms with Crippen molar-refractivity contribution in [3.8, 4) is 5.88 Å². The largest absolute Gasteiger partial charge is 0.501 e. The number of sulfonamides is 1. The molecule has 0 unspecified atom stereocenters. The summed E-state index contributed by atoms with van der Waals surface area (Å²) in [5.41, 5.74) is 0. The van der Waals surface area contributed by atoms with Crippen molar-refractivity contribution in [3.63, 3.8) is 0 Å². The fraction of sp³-hybridized carbons (Fsp3) is 0.500. The van der Waals surface area contributed by atoms with Gasteiger partial charge in [0.25, 0.3) is 0 Å². The minimum atomic E-state index is -3.97. The second-order valence-electron chi connectivity index (χ2n) is 5.90. The number of aliphatic imine (C=N–C) groups is 1. The van der Waals surface area contributed by atoms with Gasteiger partial charge in [-0.15, -0.1) is 0 Å². The smallest absolute Gasteiger partial charge is 0.248 e. The van der Waals surface area contributed by atoms with Crippen molar-refractivity contribution in [2.24, 2.45) is 4.99 Å². The Morgan fingerprint density at radius 2 is 2.17 bits per heavy atom. The van der Waals surface area contributed by atoms with E-state index in [0.29, 0.717) is 18.9 Å². The van der Waals surface area contributed by atoms with Crippen LogP contribution in [0.1, 0.15) is 13.3 Å². The summed E-state index contributed by atoms with van der Waals surface area (Å²) >= 11 is 0. The van der Waals surface area contributed by atoms with E-state index in [0.717, 1.165) is 6.42 Å². The number of ether oxygens (including phenoxy) is 3. The molecule has 0 aromatic carbocycles. The maximum Gasteiger partial charge on any atom is 0.248 e. The molecule has 0 aliphatic carbocycles. The van der Waals surface area contributed by atoms with E-state index in [1.54, 1.807) is 6.92 Å². The van der Waals surface area contributed by atoms with Gasteiger partial charge in [0.15, 0.2) is 4.90 Å². The Kier molecular flexibility index (Phi) is 7.73. The summed E-state index contributed by atoms with van der Waals surface area (Å²) in [5.74, 6) is 0.0145. The molecule has 3 N–H and O–H groups in total. The summed E-state index contributed by atoms with van der Waals surface area (Å²) in [7, 11) is -1.10. The lowest BCUT2D eigenvalue weighted by Crippen LogP contribution is -2.38. The molecule has 0 fully saturated rings. The SMILES string of the molecule is CO/C(C)=C/C(=N\C(=N)CNC(=O)CNS(=O)(=O)c1cnn2c1OCCC2)OC. The molecule has 1 aliphatic rings. The number of nitrogens with zero attached hydrogens (tertiary/aromatic N) is 3. The predicted molar refractivity (Wildman–Crippen MR) is 103 cm³/mol. The number of carbonyl (C=O) groups is 1. The highest BCUT2D eigenvalue weighted by Crippen LogP contribution is 2.26. The zero-order valence-electron chi connectivity index (χ0n) is 16.4. The Bertz CT molecular complexity index is 920. The van der Waals surface area contributed by atoms with Crippen molar-refractivity contribution in [1.82, 2.24) is 19.8 Å². The monoisotopic (exact) mass is 428 g/mol. The van der Waals surface area contributed by atoms with Crippen LogP contribution in [0.4, 0.5) is 0 Å². The van der Waals surface area contributed by atoms with Gasteiger partial charge < -0.3 is 19.5 Å². The van der Waals surface area contributed by atoms with Crippen molar-refractivity contribution in [2.45, 2.75) is 24.8 Å². The van der Waals surface area contributed by atoms with Crippen LogP contribution in [0.5, 0.6) is 5.88 Å². The normalized spacial score (nSPS) is 14.6. The number of nitrogens with one attached hydrogen (secondary N) is 3. The second kappa shape index (κ2) is 10.0. The zero-order chi connectivity index (χ0) is 21.4. The number of allylic oxidation sites excluding steroid dienone is 1. The maximum absolute atomic E-state index is 12.4. The molecule has 0 saturated carbocycles. The van der Waals surface area contributed by atoms with Gasteiger partial charge in [0.1, 0.15) is 5.84 Å². The molecule has 1 aromatic heterocycles. The summed E-state index contributed by atoms with van der Waals surface area (Å²) < 4.78 is 43.8. The molecule has 0 saturated heterocycles. The quantitative estimate of drug-likeness (QED) is 0.290. The Hall–Kier alpha value is -2.93. The molecule has 0 atom stereocenters. The number of rotatable bonds is 8. The van der Waals surface area contributed by atoms with Gasteiger partial charge >= 0.3 is 0 Å². The van der Waals surface area contributed by atoms with Gasteiger partial charge in [0.05, 0.1) is 45.9 Å². The minimum absolute atomic E-state index is 0.118. The van der Waals surface area contributed by atoms with E-state index in [4.69, 9.17) is 19.6 Å². The Morgan fingerprint density at radius 3 is 2.86 bits per heavy atom. The molecule has 2 heterocycles. The average molecular weight is 428 g/mol. The number of amidine groups is 1. The first kappa shape index (κ1) is 22.4. The van der Waals surface area contributed by atoms with Gasteiger partial charge in [0.2, 0.25) is 27.7 Å². The molecule has 1 aromatic rings. The lowest BCUT2D eigenvalue weighted by Gasteiger charge is -2.16. The number of hydrogen-bond donors (Lipinski definition) is 3. The molecular weight excluding hydrogens is 404 g/mol. The molecule has 29 heavy (non-hydrogen) atoms.